The Morgan fingerprint density at radius 1 is 0.931 bits per heavy atom. The van der Waals surface area contributed by atoms with Gasteiger partial charge in [-0.15, -0.1) is 0 Å². The second-order valence-corrected chi connectivity index (χ2v) is 6.78. The molecule has 0 spiro atoms. The number of fused-ring (bicyclic) bond motifs is 1. The molecule has 0 fully saturated rings. The lowest BCUT2D eigenvalue weighted by Crippen LogP contribution is -2.18. The van der Waals surface area contributed by atoms with Crippen LogP contribution in [0.15, 0.2) is 57.5 Å². The van der Waals surface area contributed by atoms with Gasteiger partial charge in [-0.3, -0.25) is 9.59 Å². The highest BCUT2D eigenvalue weighted by Gasteiger charge is 2.25. The van der Waals surface area contributed by atoms with Crippen molar-refractivity contribution in [2.24, 2.45) is 0 Å². The highest BCUT2D eigenvalue weighted by molar-refractivity contribution is 6.17. The van der Waals surface area contributed by atoms with Gasteiger partial charge in [-0.1, -0.05) is 29.4 Å². The largest absolute Gasteiger partial charge is 0.449 e. The van der Waals surface area contributed by atoms with Crippen molar-refractivity contribution >= 4 is 34.2 Å². The van der Waals surface area contributed by atoms with Crippen LogP contribution in [-0.2, 0) is 0 Å². The van der Waals surface area contributed by atoms with Gasteiger partial charge in [0, 0.05) is 11.1 Å². The maximum Gasteiger partial charge on any atom is 0.293 e. The first-order chi connectivity index (χ1) is 13.9. The minimum atomic E-state index is -0.458. The van der Waals surface area contributed by atoms with Crippen molar-refractivity contribution in [1.29, 1.82) is 0 Å². The first-order valence-corrected chi connectivity index (χ1v) is 9.08. The highest BCUT2D eigenvalue weighted by Crippen LogP contribution is 2.32. The summed E-state index contributed by atoms with van der Waals surface area (Å²) in [4.78, 5) is 25.8. The minimum absolute atomic E-state index is 0.0211. The predicted molar refractivity (Wildman–Crippen MR) is 109 cm³/mol. The van der Waals surface area contributed by atoms with E-state index in [1.807, 2.05) is 31.2 Å². The number of hydrogen-bond acceptors (Lipinski definition) is 5. The van der Waals surface area contributed by atoms with Crippen LogP contribution in [0.3, 0.4) is 0 Å². The smallest absolute Gasteiger partial charge is 0.293 e. The number of nitrogens with one attached hydrogen (secondary N) is 2. The molecule has 4 rings (SSSR count). The van der Waals surface area contributed by atoms with Crippen LogP contribution >= 0.6 is 0 Å². The number of nitrogens with zero attached hydrogens (tertiary/aromatic N) is 1. The number of amides is 2. The maximum absolute atomic E-state index is 12.9. The molecular formula is C22H19N3O4. The van der Waals surface area contributed by atoms with Gasteiger partial charge in [0.1, 0.15) is 22.6 Å². The summed E-state index contributed by atoms with van der Waals surface area (Å²) in [5.41, 5.74) is 3.25. The number of aromatic nitrogens is 1. The molecule has 2 heterocycles. The van der Waals surface area contributed by atoms with Crippen molar-refractivity contribution in [3.63, 3.8) is 0 Å². The van der Waals surface area contributed by atoms with Crippen LogP contribution in [-0.4, -0.2) is 17.0 Å². The van der Waals surface area contributed by atoms with Gasteiger partial charge in [0.25, 0.3) is 11.8 Å². The quantitative estimate of drug-likeness (QED) is 0.520. The molecule has 0 unspecified atom stereocenters. The van der Waals surface area contributed by atoms with E-state index in [0.29, 0.717) is 39.4 Å². The van der Waals surface area contributed by atoms with E-state index >= 15 is 0 Å². The number of aryl methyl sites for hydroxylation is 3. The first-order valence-electron chi connectivity index (χ1n) is 9.08. The average Bonchev–Trinajstić information content (AvgIpc) is 3.22. The minimum Gasteiger partial charge on any atom is -0.449 e. The number of carbonyl (C=O) groups excluding carboxylic acids is 2. The zero-order valence-corrected chi connectivity index (χ0v) is 16.2. The molecule has 0 aliphatic rings. The molecule has 4 aromatic rings. The fourth-order valence-corrected chi connectivity index (χ4v) is 3.22. The summed E-state index contributed by atoms with van der Waals surface area (Å²) in [5.74, 6) is -0.454. The van der Waals surface area contributed by atoms with Crippen molar-refractivity contribution in [3.8, 4) is 0 Å². The normalized spacial score (nSPS) is 10.9. The fourth-order valence-electron chi connectivity index (χ4n) is 3.22. The van der Waals surface area contributed by atoms with Gasteiger partial charge >= 0.3 is 0 Å². The fraction of sp³-hybridized carbons (Fsp3) is 0.136. The third-order valence-corrected chi connectivity index (χ3v) is 4.58. The van der Waals surface area contributed by atoms with Crippen LogP contribution in [0.4, 0.5) is 11.4 Å². The van der Waals surface area contributed by atoms with Gasteiger partial charge in [0.2, 0.25) is 5.76 Å². The van der Waals surface area contributed by atoms with Crippen molar-refractivity contribution < 1.29 is 18.5 Å². The molecule has 0 saturated heterocycles. The van der Waals surface area contributed by atoms with Crippen molar-refractivity contribution in [2.45, 2.75) is 20.8 Å². The van der Waals surface area contributed by atoms with Crippen LogP contribution < -0.4 is 10.6 Å². The van der Waals surface area contributed by atoms with E-state index in [1.165, 1.54) is 0 Å². The summed E-state index contributed by atoms with van der Waals surface area (Å²) in [5, 5.41) is 10.1. The van der Waals surface area contributed by atoms with E-state index < -0.39 is 11.8 Å². The van der Waals surface area contributed by atoms with Gasteiger partial charge in [0.05, 0.1) is 5.69 Å². The summed E-state index contributed by atoms with van der Waals surface area (Å²) in [6.07, 6.45) is 0. The third-order valence-electron chi connectivity index (χ3n) is 4.58. The Morgan fingerprint density at radius 2 is 1.72 bits per heavy atom. The average molecular weight is 389 g/mol. The molecule has 146 valence electrons. The molecule has 29 heavy (non-hydrogen) atoms. The van der Waals surface area contributed by atoms with Crippen LogP contribution in [0.25, 0.3) is 11.0 Å². The SMILES string of the molecule is Cc1cccc(NC(=O)c2oc3ccccc3c2NC(=O)c2c(C)noc2C)c1. The summed E-state index contributed by atoms with van der Waals surface area (Å²) in [7, 11) is 0. The topological polar surface area (TPSA) is 97.4 Å². The van der Waals surface area contributed by atoms with Gasteiger partial charge in [0.15, 0.2) is 0 Å². The summed E-state index contributed by atoms with van der Waals surface area (Å²) < 4.78 is 10.9. The van der Waals surface area contributed by atoms with Gasteiger partial charge in [-0.25, -0.2) is 0 Å². The number of hydrogen-bond donors (Lipinski definition) is 2. The van der Waals surface area contributed by atoms with Crippen molar-refractivity contribution in [3.05, 3.63) is 76.9 Å². The highest BCUT2D eigenvalue weighted by atomic mass is 16.5. The van der Waals surface area contributed by atoms with Crippen molar-refractivity contribution in [1.82, 2.24) is 5.16 Å². The van der Waals surface area contributed by atoms with Gasteiger partial charge < -0.3 is 19.6 Å². The van der Waals surface area contributed by atoms with E-state index in [9.17, 15) is 9.59 Å². The zero-order chi connectivity index (χ0) is 20.5. The molecule has 2 aromatic carbocycles. The summed E-state index contributed by atoms with van der Waals surface area (Å²) >= 11 is 0. The Kier molecular flexibility index (Phi) is 4.64. The summed E-state index contributed by atoms with van der Waals surface area (Å²) in [6, 6.07) is 14.6. The molecule has 2 N–H and O–H groups in total. The molecule has 2 amide bonds. The van der Waals surface area contributed by atoms with E-state index in [1.54, 1.807) is 38.1 Å². The second-order valence-electron chi connectivity index (χ2n) is 6.78. The second kappa shape index (κ2) is 7.27. The molecule has 0 aliphatic carbocycles. The lowest BCUT2D eigenvalue weighted by Gasteiger charge is -2.08. The number of para-hydroxylation sites is 1. The lowest BCUT2D eigenvalue weighted by atomic mass is 10.1. The number of rotatable bonds is 4. The maximum atomic E-state index is 12.9. The molecule has 0 saturated carbocycles. The first kappa shape index (κ1) is 18.5. The van der Waals surface area contributed by atoms with Crippen LogP contribution in [0.5, 0.6) is 0 Å². The number of benzene rings is 2. The van der Waals surface area contributed by atoms with Gasteiger partial charge in [-0.2, -0.15) is 0 Å². The summed E-state index contributed by atoms with van der Waals surface area (Å²) in [6.45, 7) is 5.28. The van der Waals surface area contributed by atoms with E-state index in [2.05, 4.69) is 15.8 Å². The lowest BCUT2D eigenvalue weighted by molar-refractivity contribution is 0.0999. The van der Waals surface area contributed by atoms with Crippen LogP contribution in [0, 0.1) is 20.8 Å². The Bertz CT molecular complexity index is 1220. The molecular weight excluding hydrogens is 370 g/mol. The molecule has 0 bridgehead atoms. The van der Waals surface area contributed by atoms with Crippen LogP contribution in [0.2, 0.25) is 0 Å². The number of furan rings is 1. The molecule has 0 radical (unpaired) electrons. The van der Waals surface area contributed by atoms with Crippen LogP contribution in [0.1, 0.15) is 37.9 Å². The Labute approximate surface area is 166 Å². The molecule has 2 aromatic heterocycles. The monoisotopic (exact) mass is 389 g/mol. The van der Waals surface area contributed by atoms with E-state index in [4.69, 9.17) is 8.94 Å². The predicted octanol–water partition coefficient (Wildman–Crippen LogP) is 4.85. The Balaban J connectivity index is 1.73. The molecule has 0 aliphatic heterocycles. The Hall–Kier alpha value is -3.87. The van der Waals surface area contributed by atoms with Crippen molar-refractivity contribution in [2.75, 3.05) is 10.6 Å². The number of anilines is 2. The Morgan fingerprint density at radius 3 is 2.45 bits per heavy atom. The third kappa shape index (κ3) is 3.50. The molecule has 7 heteroatoms. The number of carbonyl (C=O) groups is 2. The van der Waals surface area contributed by atoms with Gasteiger partial charge in [-0.05, 0) is 50.6 Å². The van der Waals surface area contributed by atoms with E-state index in [-0.39, 0.29) is 5.76 Å². The molecule has 0 atom stereocenters. The standard InChI is InChI=1S/C22H19N3O4/c1-12-7-6-8-15(11-12)23-22(27)20-19(16-9-4-5-10-17(16)28-20)24-21(26)18-13(2)25-29-14(18)3/h4-11H,1-3H3,(H,23,27)(H,24,26). The van der Waals surface area contributed by atoms with E-state index in [0.717, 1.165) is 5.56 Å². The molecule has 7 nitrogen and oxygen atoms in total. The zero-order valence-electron chi connectivity index (χ0n) is 16.2.